The summed E-state index contributed by atoms with van der Waals surface area (Å²) in [5.74, 6) is 0.888. The Kier molecular flexibility index (Phi) is 3.51. The molecule has 0 aliphatic carbocycles. The van der Waals surface area contributed by atoms with E-state index in [1.54, 1.807) is 7.11 Å². The van der Waals surface area contributed by atoms with Crippen LogP contribution in [0, 0.1) is 0 Å². The summed E-state index contributed by atoms with van der Waals surface area (Å²) in [6.45, 7) is 0.500. The van der Waals surface area contributed by atoms with E-state index in [1.807, 2.05) is 7.85 Å². The molecule has 96 valence electrons. The van der Waals surface area contributed by atoms with Gasteiger partial charge in [-0.15, -0.1) is 0 Å². The van der Waals surface area contributed by atoms with Gasteiger partial charge in [-0.25, -0.2) is 0 Å². The lowest BCUT2D eigenvalue weighted by atomic mass is 9.85. The predicted octanol–water partition coefficient (Wildman–Crippen LogP) is -0.790. The van der Waals surface area contributed by atoms with Crippen LogP contribution in [-0.4, -0.2) is 55.2 Å². The van der Waals surface area contributed by atoms with Gasteiger partial charge in [-0.1, -0.05) is 0 Å². The van der Waals surface area contributed by atoms with Gasteiger partial charge in [0.1, 0.15) is 25.7 Å². The van der Waals surface area contributed by atoms with Crippen molar-refractivity contribution in [2.75, 3.05) is 13.7 Å². The summed E-state index contributed by atoms with van der Waals surface area (Å²) in [7, 11) is -0.764. The first kappa shape index (κ1) is 13.3. The lowest BCUT2D eigenvalue weighted by molar-refractivity contribution is -0.110. The second-order valence-electron chi connectivity index (χ2n) is 4.42. The molecule has 0 radical (unpaired) electrons. The van der Waals surface area contributed by atoms with E-state index in [0.29, 0.717) is 13.0 Å². The van der Waals surface area contributed by atoms with Crippen LogP contribution in [0.15, 0.2) is 11.9 Å². The average molecular weight is 262 g/mol. The standard InChI is InChI=1S/C9H16BO6P/c1-14-7-6-8(10)16-9(7,2-4-15-6)3-5-17(11,12)13/h3,5-8H,2,4,10H2,1H3,(H2,11,12,13)/b5-3+/t6?,7?,8-,9-/m1/s1. The van der Waals surface area contributed by atoms with Crippen LogP contribution in [0.4, 0.5) is 0 Å². The van der Waals surface area contributed by atoms with Gasteiger partial charge < -0.3 is 24.0 Å². The first-order valence-electron chi connectivity index (χ1n) is 5.46. The number of hydrogen-bond acceptors (Lipinski definition) is 4. The maximum absolute atomic E-state index is 10.9. The summed E-state index contributed by atoms with van der Waals surface area (Å²) < 4.78 is 27.6. The van der Waals surface area contributed by atoms with Gasteiger partial charge in [-0.2, -0.15) is 0 Å². The Balaban J connectivity index is 2.28. The van der Waals surface area contributed by atoms with E-state index >= 15 is 0 Å². The Labute approximate surface area is 101 Å². The lowest BCUT2D eigenvalue weighted by Crippen LogP contribution is -2.49. The summed E-state index contributed by atoms with van der Waals surface area (Å²) in [5, 5.41) is 0. The zero-order valence-corrected chi connectivity index (χ0v) is 10.7. The normalized spacial score (nSPS) is 42.2. The van der Waals surface area contributed by atoms with E-state index in [0.717, 1.165) is 5.82 Å². The quantitative estimate of drug-likeness (QED) is 0.512. The van der Waals surface area contributed by atoms with Gasteiger partial charge in [-0.05, 0) is 6.08 Å². The molecule has 2 N–H and O–H groups in total. The third-order valence-electron chi connectivity index (χ3n) is 3.26. The fourth-order valence-corrected chi connectivity index (χ4v) is 3.00. The average Bonchev–Trinajstić information content (AvgIpc) is 2.38. The molecule has 2 heterocycles. The molecule has 4 atom stereocenters. The third kappa shape index (κ3) is 2.50. The molecule has 17 heavy (non-hydrogen) atoms. The minimum absolute atomic E-state index is 0.149. The highest BCUT2D eigenvalue weighted by atomic mass is 31.2. The van der Waals surface area contributed by atoms with Crippen LogP contribution in [0.1, 0.15) is 6.42 Å². The molecule has 2 fully saturated rings. The molecular formula is C9H16BO6P. The lowest BCUT2D eigenvalue weighted by Gasteiger charge is -2.36. The van der Waals surface area contributed by atoms with Gasteiger partial charge in [0.2, 0.25) is 0 Å². The summed E-state index contributed by atoms with van der Waals surface area (Å²) in [6, 6.07) is -0.149. The Morgan fingerprint density at radius 3 is 2.88 bits per heavy atom. The van der Waals surface area contributed by atoms with Crippen molar-refractivity contribution < 1.29 is 28.6 Å². The Morgan fingerprint density at radius 2 is 2.29 bits per heavy atom. The van der Waals surface area contributed by atoms with Crippen molar-refractivity contribution in [2.45, 2.75) is 30.2 Å². The second kappa shape index (κ2) is 4.50. The monoisotopic (exact) mass is 262 g/mol. The highest BCUT2D eigenvalue weighted by molar-refractivity contribution is 7.55. The molecule has 0 saturated carbocycles. The largest absolute Gasteiger partial charge is 0.375 e. The van der Waals surface area contributed by atoms with Crippen molar-refractivity contribution in [1.29, 1.82) is 0 Å². The maximum atomic E-state index is 10.9. The highest BCUT2D eigenvalue weighted by Gasteiger charge is 2.55. The van der Waals surface area contributed by atoms with Gasteiger partial charge in [0, 0.05) is 19.3 Å². The van der Waals surface area contributed by atoms with E-state index in [-0.39, 0.29) is 18.2 Å². The Bertz CT molecular complexity index is 368. The number of rotatable bonds is 3. The molecule has 2 bridgehead atoms. The van der Waals surface area contributed by atoms with Crippen molar-refractivity contribution in [3.63, 3.8) is 0 Å². The first-order valence-corrected chi connectivity index (χ1v) is 7.14. The molecule has 2 saturated heterocycles. The van der Waals surface area contributed by atoms with Crippen molar-refractivity contribution in [2.24, 2.45) is 0 Å². The zero-order chi connectivity index (χ0) is 12.7. The molecule has 8 heteroatoms. The Hall–Kier alpha value is -0.165. The number of methoxy groups -OCH3 is 1. The molecule has 2 aliphatic rings. The van der Waals surface area contributed by atoms with Crippen LogP contribution in [0.3, 0.4) is 0 Å². The number of fused-ring (bicyclic) bond motifs is 2. The minimum Gasteiger partial charge on any atom is -0.375 e. The van der Waals surface area contributed by atoms with E-state index in [1.165, 1.54) is 6.08 Å². The topological polar surface area (TPSA) is 85.2 Å². The molecule has 2 rings (SSSR count). The van der Waals surface area contributed by atoms with Crippen LogP contribution in [0.2, 0.25) is 0 Å². The molecular weight excluding hydrogens is 246 g/mol. The van der Waals surface area contributed by atoms with E-state index in [4.69, 9.17) is 24.0 Å². The van der Waals surface area contributed by atoms with Crippen LogP contribution in [0.25, 0.3) is 0 Å². The van der Waals surface area contributed by atoms with Gasteiger partial charge in [0.05, 0.1) is 12.6 Å². The van der Waals surface area contributed by atoms with Crippen LogP contribution in [0.5, 0.6) is 0 Å². The minimum atomic E-state index is -4.18. The van der Waals surface area contributed by atoms with E-state index in [9.17, 15) is 4.57 Å². The highest BCUT2D eigenvalue weighted by Crippen LogP contribution is 2.44. The van der Waals surface area contributed by atoms with Crippen LogP contribution in [-0.2, 0) is 18.8 Å². The van der Waals surface area contributed by atoms with Gasteiger partial charge in [-0.3, -0.25) is 4.57 Å². The number of ether oxygens (including phenoxy) is 3. The van der Waals surface area contributed by atoms with Crippen LogP contribution < -0.4 is 0 Å². The van der Waals surface area contributed by atoms with Crippen molar-refractivity contribution in [1.82, 2.24) is 0 Å². The molecule has 6 nitrogen and oxygen atoms in total. The summed E-state index contributed by atoms with van der Waals surface area (Å²) in [6.07, 6.45) is 1.45. The molecule has 0 aromatic rings. The fourth-order valence-electron chi connectivity index (χ4n) is 2.56. The molecule has 0 aromatic carbocycles. The van der Waals surface area contributed by atoms with E-state index < -0.39 is 13.2 Å². The summed E-state index contributed by atoms with van der Waals surface area (Å²) >= 11 is 0. The van der Waals surface area contributed by atoms with Crippen LogP contribution >= 0.6 is 7.60 Å². The predicted molar refractivity (Wildman–Crippen MR) is 62.5 cm³/mol. The van der Waals surface area contributed by atoms with Gasteiger partial charge >= 0.3 is 7.60 Å². The van der Waals surface area contributed by atoms with Crippen molar-refractivity contribution in [3.8, 4) is 0 Å². The fraction of sp³-hybridized carbons (Fsp3) is 0.778. The maximum Gasteiger partial charge on any atom is 0.348 e. The third-order valence-corrected chi connectivity index (χ3v) is 3.79. The van der Waals surface area contributed by atoms with Crippen molar-refractivity contribution >= 4 is 15.4 Å². The summed E-state index contributed by atoms with van der Waals surface area (Å²) in [5.41, 5.74) is -0.780. The molecule has 0 amide bonds. The number of hydrogen-bond donors (Lipinski definition) is 2. The molecule has 0 spiro atoms. The first-order chi connectivity index (χ1) is 7.88. The molecule has 2 unspecified atom stereocenters. The SMILES string of the molecule is B[C@@H]1O[C@@]2(/C=C/P(=O)(O)O)CCOC1C2OC. The Morgan fingerprint density at radius 1 is 1.59 bits per heavy atom. The van der Waals surface area contributed by atoms with Crippen molar-refractivity contribution in [3.05, 3.63) is 11.9 Å². The smallest absolute Gasteiger partial charge is 0.348 e. The second-order valence-corrected chi connectivity index (χ2v) is 5.90. The molecule has 2 aliphatic heterocycles. The van der Waals surface area contributed by atoms with E-state index in [2.05, 4.69) is 0 Å². The van der Waals surface area contributed by atoms with Gasteiger partial charge in [0.15, 0.2) is 0 Å². The molecule has 0 aromatic heterocycles. The summed E-state index contributed by atoms with van der Waals surface area (Å²) in [4.78, 5) is 17.8. The zero-order valence-electron chi connectivity index (χ0n) is 9.78. The van der Waals surface area contributed by atoms with Gasteiger partial charge in [0.25, 0.3) is 0 Å².